The number of carbonyl (C=O) groups excluding carboxylic acids is 1. The number of nitrogens with one attached hydrogen (secondary N) is 2. The Kier molecular flexibility index (Phi) is 5.61. The first-order chi connectivity index (χ1) is 9.56. The van der Waals surface area contributed by atoms with E-state index in [1.54, 1.807) is 11.3 Å². The lowest BCUT2D eigenvalue weighted by Crippen LogP contribution is -3.09. The van der Waals surface area contributed by atoms with Crippen molar-refractivity contribution in [2.75, 3.05) is 13.6 Å². The van der Waals surface area contributed by atoms with Crippen molar-refractivity contribution in [3.05, 3.63) is 21.9 Å². The zero-order valence-corrected chi connectivity index (χ0v) is 13.7. The van der Waals surface area contributed by atoms with Crippen LogP contribution in [0.25, 0.3) is 0 Å². The van der Waals surface area contributed by atoms with E-state index < -0.39 is 0 Å². The maximum absolute atomic E-state index is 12.2. The molecule has 1 heterocycles. The smallest absolute Gasteiger partial charge is 0.275 e. The van der Waals surface area contributed by atoms with Crippen LogP contribution in [0, 0.1) is 12.8 Å². The molecule has 20 heavy (non-hydrogen) atoms. The van der Waals surface area contributed by atoms with Gasteiger partial charge in [0.05, 0.1) is 11.9 Å². The molecule has 1 unspecified atom stereocenters. The van der Waals surface area contributed by atoms with Crippen LogP contribution in [0.4, 0.5) is 0 Å². The van der Waals surface area contributed by atoms with Crippen LogP contribution in [0.5, 0.6) is 0 Å². The zero-order valence-electron chi connectivity index (χ0n) is 12.9. The summed E-state index contributed by atoms with van der Waals surface area (Å²) in [7, 11) is 2.10. The number of rotatable bonds is 5. The highest BCUT2D eigenvalue weighted by Crippen LogP contribution is 2.23. The summed E-state index contributed by atoms with van der Waals surface area (Å²) in [5, 5.41) is 5.36. The van der Waals surface area contributed by atoms with Gasteiger partial charge < -0.3 is 10.2 Å². The van der Waals surface area contributed by atoms with Crippen LogP contribution in [-0.4, -0.2) is 25.5 Å². The van der Waals surface area contributed by atoms with Crippen LogP contribution in [0.1, 0.15) is 43.0 Å². The van der Waals surface area contributed by atoms with Gasteiger partial charge in [-0.05, 0) is 42.7 Å². The van der Waals surface area contributed by atoms with Gasteiger partial charge in [-0.2, -0.15) is 0 Å². The first-order valence-corrected chi connectivity index (χ1v) is 8.58. The number of carbonyl (C=O) groups is 1. The van der Waals surface area contributed by atoms with E-state index in [2.05, 4.69) is 37.7 Å². The van der Waals surface area contributed by atoms with E-state index in [-0.39, 0.29) is 5.91 Å². The van der Waals surface area contributed by atoms with E-state index in [9.17, 15) is 4.79 Å². The molecule has 0 spiro atoms. The van der Waals surface area contributed by atoms with Crippen molar-refractivity contribution < 1.29 is 9.69 Å². The second kappa shape index (κ2) is 7.23. The van der Waals surface area contributed by atoms with Crippen molar-refractivity contribution in [2.45, 2.75) is 52.1 Å². The summed E-state index contributed by atoms with van der Waals surface area (Å²) in [5.41, 5.74) is 1.34. The molecule has 0 saturated heterocycles. The molecule has 1 amide bonds. The molecule has 0 radical (unpaired) electrons. The average molecular weight is 295 g/mol. The Morgan fingerprint density at radius 1 is 1.45 bits per heavy atom. The lowest BCUT2D eigenvalue weighted by atomic mass is 9.86. The third-order valence-electron chi connectivity index (χ3n) is 4.35. The summed E-state index contributed by atoms with van der Waals surface area (Å²) < 4.78 is 0. The van der Waals surface area contributed by atoms with Gasteiger partial charge >= 0.3 is 0 Å². The molecule has 3 atom stereocenters. The van der Waals surface area contributed by atoms with Gasteiger partial charge in [-0.1, -0.05) is 19.8 Å². The minimum atomic E-state index is 0.204. The van der Waals surface area contributed by atoms with Gasteiger partial charge in [0.25, 0.3) is 5.91 Å². The van der Waals surface area contributed by atoms with Crippen LogP contribution in [0.3, 0.4) is 0 Å². The van der Waals surface area contributed by atoms with E-state index >= 15 is 0 Å². The second-order valence-corrected chi connectivity index (χ2v) is 7.27. The highest BCUT2D eigenvalue weighted by atomic mass is 32.1. The van der Waals surface area contributed by atoms with Gasteiger partial charge in [0.2, 0.25) is 0 Å². The van der Waals surface area contributed by atoms with Gasteiger partial charge in [0.1, 0.15) is 6.54 Å². The summed E-state index contributed by atoms with van der Waals surface area (Å²) in [6, 6.07) is 2.55. The molecule has 1 aliphatic rings. The number of amides is 1. The highest BCUT2D eigenvalue weighted by Gasteiger charge is 2.23. The Balaban J connectivity index is 1.77. The molecule has 1 fully saturated rings. The van der Waals surface area contributed by atoms with Gasteiger partial charge in [-0.25, -0.2) is 0 Å². The van der Waals surface area contributed by atoms with Gasteiger partial charge in [0.15, 0.2) is 6.54 Å². The van der Waals surface area contributed by atoms with E-state index in [4.69, 9.17) is 0 Å². The van der Waals surface area contributed by atoms with E-state index in [0.717, 1.165) is 13.0 Å². The number of thiophene rings is 1. The predicted molar refractivity (Wildman–Crippen MR) is 84.1 cm³/mol. The number of hydrogen-bond donors (Lipinski definition) is 2. The molecular formula is C16H27N2OS+. The van der Waals surface area contributed by atoms with Crippen LogP contribution in [0.2, 0.25) is 0 Å². The quantitative estimate of drug-likeness (QED) is 0.853. The van der Waals surface area contributed by atoms with Crippen LogP contribution < -0.4 is 10.2 Å². The van der Waals surface area contributed by atoms with E-state index in [1.807, 2.05) is 0 Å². The van der Waals surface area contributed by atoms with Crippen molar-refractivity contribution in [1.82, 2.24) is 5.32 Å². The zero-order chi connectivity index (χ0) is 14.5. The summed E-state index contributed by atoms with van der Waals surface area (Å²) >= 11 is 1.79. The van der Waals surface area contributed by atoms with Crippen LogP contribution in [-0.2, 0) is 11.3 Å². The minimum absolute atomic E-state index is 0.204. The maximum Gasteiger partial charge on any atom is 0.275 e. The number of hydrogen-bond acceptors (Lipinski definition) is 2. The van der Waals surface area contributed by atoms with Crippen LogP contribution >= 0.6 is 11.3 Å². The Hall–Kier alpha value is -0.870. The lowest BCUT2D eigenvalue weighted by molar-refractivity contribution is -0.885. The summed E-state index contributed by atoms with van der Waals surface area (Å²) in [6.07, 6.45) is 4.97. The largest absolute Gasteiger partial charge is 0.348 e. The molecule has 112 valence electrons. The van der Waals surface area contributed by atoms with Gasteiger partial charge in [0, 0.05) is 6.04 Å². The van der Waals surface area contributed by atoms with Crippen molar-refractivity contribution in [2.24, 2.45) is 5.92 Å². The van der Waals surface area contributed by atoms with Crippen LogP contribution in [0.15, 0.2) is 11.4 Å². The van der Waals surface area contributed by atoms with Gasteiger partial charge in [-0.15, -0.1) is 11.3 Å². The van der Waals surface area contributed by atoms with Crippen molar-refractivity contribution in [3.8, 4) is 0 Å². The van der Waals surface area contributed by atoms with Crippen molar-refractivity contribution >= 4 is 17.2 Å². The second-order valence-electron chi connectivity index (χ2n) is 6.27. The fraction of sp³-hybridized carbons (Fsp3) is 0.688. The topological polar surface area (TPSA) is 33.5 Å². The number of quaternary nitrogens is 1. The molecule has 0 aromatic carbocycles. The highest BCUT2D eigenvalue weighted by molar-refractivity contribution is 7.10. The number of likely N-dealkylation sites (N-methyl/N-ethyl adjacent to an activating group) is 1. The Morgan fingerprint density at radius 2 is 2.20 bits per heavy atom. The molecule has 4 heteroatoms. The minimum Gasteiger partial charge on any atom is -0.348 e. The first kappa shape index (κ1) is 15.5. The number of aryl methyl sites for hydroxylation is 1. The molecule has 0 aliphatic heterocycles. The Labute approximate surface area is 126 Å². The third kappa shape index (κ3) is 4.32. The summed E-state index contributed by atoms with van der Waals surface area (Å²) in [4.78, 5) is 14.8. The predicted octanol–water partition coefficient (Wildman–Crippen LogP) is 1.77. The molecular weight excluding hydrogens is 268 g/mol. The molecule has 3 nitrogen and oxygen atoms in total. The molecule has 1 aromatic heterocycles. The van der Waals surface area contributed by atoms with Gasteiger partial charge in [-0.3, -0.25) is 4.79 Å². The molecule has 1 aromatic rings. The SMILES string of the molecule is Cc1ccsc1C[NH+](C)CC(=O)N[C@@H]1CCCC[C@@H]1C. The van der Waals surface area contributed by atoms with Crippen molar-refractivity contribution in [1.29, 1.82) is 0 Å². The monoisotopic (exact) mass is 295 g/mol. The van der Waals surface area contributed by atoms with Crippen molar-refractivity contribution in [3.63, 3.8) is 0 Å². The maximum atomic E-state index is 12.2. The fourth-order valence-corrected chi connectivity index (χ4v) is 4.00. The molecule has 2 N–H and O–H groups in total. The average Bonchev–Trinajstić information content (AvgIpc) is 2.77. The third-order valence-corrected chi connectivity index (χ3v) is 5.37. The first-order valence-electron chi connectivity index (χ1n) is 7.70. The van der Waals surface area contributed by atoms with E-state index in [0.29, 0.717) is 18.5 Å². The Morgan fingerprint density at radius 3 is 2.85 bits per heavy atom. The molecule has 1 aliphatic carbocycles. The fourth-order valence-electron chi connectivity index (χ4n) is 2.98. The lowest BCUT2D eigenvalue weighted by Gasteiger charge is -2.29. The molecule has 1 saturated carbocycles. The molecule has 2 rings (SSSR count). The normalized spacial score (nSPS) is 24.4. The summed E-state index contributed by atoms with van der Waals surface area (Å²) in [5.74, 6) is 0.836. The van der Waals surface area contributed by atoms with E-state index in [1.165, 1.54) is 34.6 Å². The standard InChI is InChI=1S/C16H26N2OS/c1-12-6-4-5-7-14(12)17-16(19)11-18(3)10-15-13(2)8-9-20-15/h8-9,12,14H,4-7,10-11H2,1-3H3,(H,17,19)/p+1/t12-,14+/m0/s1. The summed E-state index contributed by atoms with van der Waals surface area (Å²) in [6.45, 7) is 5.91. The molecule has 0 bridgehead atoms. The Bertz CT molecular complexity index is 443.